The Morgan fingerprint density at radius 1 is 1.23 bits per heavy atom. The van der Waals surface area contributed by atoms with E-state index < -0.39 is 0 Å². The van der Waals surface area contributed by atoms with Crippen LogP contribution in [0.3, 0.4) is 0 Å². The third-order valence-electron chi connectivity index (χ3n) is 6.26. The number of pyridine rings is 1. The molecule has 2 aromatic heterocycles. The summed E-state index contributed by atoms with van der Waals surface area (Å²) in [4.78, 5) is 15.2. The number of halogens is 2. The van der Waals surface area contributed by atoms with Gasteiger partial charge in [-0.2, -0.15) is 0 Å². The average Bonchev–Trinajstić information content (AvgIpc) is 3.31. The largest absolute Gasteiger partial charge is 0.361 e. The summed E-state index contributed by atoms with van der Waals surface area (Å²) >= 11 is 6.31. The number of hydrogen-bond donors (Lipinski definition) is 1. The number of aromatic amines is 1. The second-order valence-corrected chi connectivity index (χ2v) is 8.72. The minimum absolute atomic E-state index is 0.0485. The summed E-state index contributed by atoms with van der Waals surface area (Å²) in [5.41, 5.74) is 5.82. The Morgan fingerprint density at radius 2 is 2.10 bits per heavy atom. The number of benzene rings is 1. The maximum Gasteiger partial charge on any atom is 0.130 e. The van der Waals surface area contributed by atoms with Gasteiger partial charge in [-0.15, -0.1) is 0 Å². The molecule has 6 heteroatoms. The maximum absolute atomic E-state index is 14.4. The molecule has 0 saturated carbocycles. The summed E-state index contributed by atoms with van der Waals surface area (Å²) in [6, 6.07) is 9.90. The Bertz CT molecular complexity index is 1130. The third kappa shape index (κ3) is 3.31. The first-order valence-electron chi connectivity index (χ1n) is 10.4. The van der Waals surface area contributed by atoms with Gasteiger partial charge in [0.1, 0.15) is 11.7 Å². The summed E-state index contributed by atoms with van der Waals surface area (Å²) in [5.74, 6) is 1.22. The van der Waals surface area contributed by atoms with E-state index in [-0.39, 0.29) is 11.9 Å². The highest BCUT2D eigenvalue weighted by atomic mass is 35.5. The first-order valence-corrected chi connectivity index (χ1v) is 10.8. The molecule has 1 fully saturated rings. The molecule has 3 aromatic rings. The van der Waals surface area contributed by atoms with Crippen LogP contribution in [-0.4, -0.2) is 26.4 Å². The molecule has 5 rings (SSSR count). The fourth-order valence-electron chi connectivity index (χ4n) is 4.67. The van der Waals surface area contributed by atoms with Gasteiger partial charge in [0.2, 0.25) is 0 Å². The molecule has 0 radical (unpaired) electrons. The lowest BCUT2D eigenvalue weighted by Gasteiger charge is -2.32. The summed E-state index contributed by atoms with van der Waals surface area (Å²) in [7, 11) is 0. The van der Waals surface area contributed by atoms with Crippen molar-refractivity contribution in [3.05, 3.63) is 76.2 Å². The van der Waals surface area contributed by atoms with Gasteiger partial charge in [-0.25, -0.2) is 9.37 Å². The third-order valence-corrected chi connectivity index (χ3v) is 6.67. The number of rotatable bonds is 3. The first kappa shape index (κ1) is 19.3. The standard InChI is InChI=1S/C24H24ClFN4/c1-14-8-10-30(22-12-16(26)6-7-17(22)19-5-3-4-9-27-19)23(14)24-28-20-11-15(2)18(25)13-21(20)29-24/h3-5,9,11-14,23H,6-8,10H2,1-2H3,(H,28,29)/t14-,23-/m0/s1. The molecule has 2 atom stereocenters. The van der Waals surface area contributed by atoms with Crippen molar-refractivity contribution in [3.8, 4) is 0 Å². The highest BCUT2D eigenvalue weighted by Gasteiger charge is 2.37. The van der Waals surface area contributed by atoms with Gasteiger partial charge < -0.3 is 9.88 Å². The molecule has 1 aromatic carbocycles. The molecule has 2 aliphatic rings. The monoisotopic (exact) mass is 422 g/mol. The number of aromatic nitrogens is 3. The van der Waals surface area contributed by atoms with Crippen LogP contribution in [0.4, 0.5) is 4.39 Å². The quantitative estimate of drug-likeness (QED) is 0.534. The van der Waals surface area contributed by atoms with Gasteiger partial charge >= 0.3 is 0 Å². The predicted molar refractivity (Wildman–Crippen MR) is 119 cm³/mol. The molecule has 0 spiro atoms. The summed E-state index contributed by atoms with van der Waals surface area (Å²) in [5, 5.41) is 0.717. The number of nitrogens with zero attached hydrogens (tertiary/aromatic N) is 3. The number of aryl methyl sites for hydroxylation is 1. The number of allylic oxidation sites excluding steroid dienone is 3. The van der Waals surface area contributed by atoms with E-state index in [2.05, 4.69) is 21.8 Å². The topological polar surface area (TPSA) is 44.8 Å². The molecule has 0 bridgehead atoms. The minimum atomic E-state index is -0.0741. The first-order chi connectivity index (χ1) is 14.5. The van der Waals surface area contributed by atoms with Crippen LogP contribution in [0.1, 0.15) is 49.3 Å². The number of hydrogen-bond acceptors (Lipinski definition) is 3. The molecule has 0 unspecified atom stereocenters. The molecule has 1 aliphatic heterocycles. The second-order valence-electron chi connectivity index (χ2n) is 8.31. The van der Waals surface area contributed by atoms with Gasteiger partial charge in [-0.05, 0) is 61.6 Å². The molecular formula is C24H24ClFN4. The van der Waals surface area contributed by atoms with Crippen molar-refractivity contribution in [2.45, 2.75) is 39.2 Å². The van der Waals surface area contributed by atoms with E-state index in [1.807, 2.05) is 37.3 Å². The SMILES string of the molecule is Cc1cc2[nH]c([C@@H]3[C@@H](C)CCN3C3=C(c4ccccn4)CCC(F)=C3)nc2cc1Cl. The van der Waals surface area contributed by atoms with E-state index in [0.717, 1.165) is 52.4 Å². The zero-order valence-electron chi connectivity index (χ0n) is 17.1. The van der Waals surface area contributed by atoms with Crippen LogP contribution < -0.4 is 0 Å². The van der Waals surface area contributed by atoms with E-state index in [4.69, 9.17) is 16.6 Å². The second kappa shape index (κ2) is 7.55. The highest BCUT2D eigenvalue weighted by Crippen LogP contribution is 2.43. The van der Waals surface area contributed by atoms with E-state index in [1.165, 1.54) is 0 Å². The Labute approximate surface area is 180 Å². The van der Waals surface area contributed by atoms with Crippen molar-refractivity contribution in [2.24, 2.45) is 5.92 Å². The van der Waals surface area contributed by atoms with Crippen LogP contribution in [0.2, 0.25) is 5.02 Å². The molecule has 1 N–H and O–H groups in total. The molecule has 3 heterocycles. The van der Waals surface area contributed by atoms with Crippen LogP contribution in [-0.2, 0) is 0 Å². The highest BCUT2D eigenvalue weighted by molar-refractivity contribution is 6.32. The van der Waals surface area contributed by atoms with Gasteiger partial charge in [0.05, 0.1) is 22.8 Å². The fraction of sp³-hybridized carbons (Fsp3) is 0.333. The van der Waals surface area contributed by atoms with Crippen LogP contribution >= 0.6 is 11.6 Å². The number of nitrogens with one attached hydrogen (secondary N) is 1. The molecule has 0 amide bonds. The van der Waals surface area contributed by atoms with Crippen LogP contribution in [0, 0.1) is 12.8 Å². The lowest BCUT2D eigenvalue weighted by atomic mass is 9.95. The molecule has 4 nitrogen and oxygen atoms in total. The Kier molecular flexibility index (Phi) is 4.86. The van der Waals surface area contributed by atoms with Crippen molar-refractivity contribution < 1.29 is 4.39 Å². The Balaban J connectivity index is 1.61. The Morgan fingerprint density at radius 3 is 2.90 bits per heavy atom. The molecular weight excluding hydrogens is 399 g/mol. The number of fused-ring (bicyclic) bond motifs is 1. The number of H-pyrrole nitrogens is 1. The lowest BCUT2D eigenvalue weighted by Crippen LogP contribution is -2.27. The van der Waals surface area contributed by atoms with Crippen LogP contribution in [0.5, 0.6) is 0 Å². The zero-order chi connectivity index (χ0) is 20.8. The van der Waals surface area contributed by atoms with Crippen molar-refractivity contribution in [3.63, 3.8) is 0 Å². The van der Waals surface area contributed by atoms with E-state index in [9.17, 15) is 4.39 Å². The summed E-state index contributed by atoms with van der Waals surface area (Å²) in [6.07, 6.45) is 5.59. The van der Waals surface area contributed by atoms with Crippen LogP contribution in [0.25, 0.3) is 16.6 Å². The molecule has 1 saturated heterocycles. The van der Waals surface area contributed by atoms with Gasteiger partial charge in [0.15, 0.2) is 0 Å². The average molecular weight is 423 g/mol. The van der Waals surface area contributed by atoms with Crippen molar-refractivity contribution >= 4 is 28.2 Å². The number of likely N-dealkylation sites (tertiary alicyclic amines) is 1. The van der Waals surface area contributed by atoms with E-state index in [0.29, 0.717) is 23.8 Å². The lowest BCUT2D eigenvalue weighted by molar-refractivity contribution is 0.289. The van der Waals surface area contributed by atoms with Crippen molar-refractivity contribution in [2.75, 3.05) is 6.54 Å². The maximum atomic E-state index is 14.4. The predicted octanol–water partition coefficient (Wildman–Crippen LogP) is 6.36. The van der Waals surface area contributed by atoms with Gasteiger partial charge in [-0.3, -0.25) is 4.98 Å². The van der Waals surface area contributed by atoms with Crippen LogP contribution in [0.15, 0.2) is 54.1 Å². The Hall–Kier alpha value is -2.66. The van der Waals surface area contributed by atoms with Gasteiger partial charge in [0, 0.05) is 35.5 Å². The molecule has 30 heavy (non-hydrogen) atoms. The van der Waals surface area contributed by atoms with E-state index >= 15 is 0 Å². The minimum Gasteiger partial charge on any atom is -0.361 e. The summed E-state index contributed by atoms with van der Waals surface area (Å²) in [6.45, 7) is 5.09. The van der Waals surface area contributed by atoms with Crippen molar-refractivity contribution in [1.29, 1.82) is 0 Å². The normalized spacial score (nSPS) is 22.1. The molecule has 154 valence electrons. The summed E-state index contributed by atoms with van der Waals surface area (Å²) < 4.78 is 14.4. The number of imidazole rings is 1. The zero-order valence-corrected chi connectivity index (χ0v) is 17.9. The smallest absolute Gasteiger partial charge is 0.130 e. The fourth-order valence-corrected chi connectivity index (χ4v) is 4.83. The van der Waals surface area contributed by atoms with Gasteiger partial charge in [-0.1, -0.05) is 24.6 Å². The molecule has 1 aliphatic carbocycles. The van der Waals surface area contributed by atoms with Crippen molar-refractivity contribution in [1.82, 2.24) is 19.9 Å². The van der Waals surface area contributed by atoms with Gasteiger partial charge in [0.25, 0.3) is 0 Å². The van der Waals surface area contributed by atoms with E-state index in [1.54, 1.807) is 12.3 Å².